The number of nitrogens with zero attached hydrogens (tertiary/aromatic N) is 1. The van der Waals surface area contributed by atoms with Gasteiger partial charge >= 0.3 is 0 Å². The molecular formula is C14H23NO. The SMILES string of the molecule is CCC(O)(CC)[C@@H](c1ccccc1)N(C)C. The molecule has 0 unspecified atom stereocenters. The normalized spacial score (nSPS) is 14.1. The van der Waals surface area contributed by atoms with Crippen molar-refractivity contribution in [2.24, 2.45) is 0 Å². The van der Waals surface area contributed by atoms with Crippen molar-refractivity contribution in [3.63, 3.8) is 0 Å². The van der Waals surface area contributed by atoms with Gasteiger partial charge in [-0.05, 0) is 32.5 Å². The van der Waals surface area contributed by atoms with Crippen LogP contribution in [-0.4, -0.2) is 29.7 Å². The molecule has 90 valence electrons. The Morgan fingerprint density at radius 2 is 1.62 bits per heavy atom. The number of hydrogen-bond acceptors (Lipinski definition) is 2. The van der Waals surface area contributed by atoms with Crippen LogP contribution in [0.1, 0.15) is 38.3 Å². The van der Waals surface area contributed by atoms with Gasteiger partial charge in [0.15, 0.2) is 0 Å². The van der Waals surface area contributed by atoms with Crippen molar-refractivity contribution in [1.82, 2.24) is 4.90 Å². The highest BCUT2D eigenvalue weighted by Gasteiger charge is 2.35. The van der Waals surface area contributed by atoms with Crippen LogP contribution < -0.4 is 0 Å². The highest BCUT2D eigenvalue weighted by Crippen LogP contribution is 2.35. The van der Waals surface area contributed by atoms with Crippen LogP contribution >= 0.6 is 0 Å². The molecule has 2 nitrogen and oxygen atoms in total. The Morgan fingerprint density at radius 3 is 2.00 bits per heavy atom. The summed E-state index contributed by atoms with van der Waals surface area (Å²) in [6.45, 7) is 4.09. The molecular weight excluding hydrogens is 198 g/mol. The summed E-state index contributed by atoms with van der Waals surface area (Å²) >= 11 is 0. The first-order valence-corrected chi connectivity index (χ1v) is 5.99. The Labute approximate surface area is 98.9 Å². The third-order valence-corrected chi connectivity index (χ3v) is 3.37. The van der Waals surface area contributed by atoms with Gasteiger partial charge in [0.25, 0.3) is 0 Å². The minimum atomic E-state index is -0.648. The van der Waals surface area contributed by atoms with Crippen molar-refractivity contribution in [3.05, 3.63) is 35.9 Å². The first-order chi connectivity index (χ1) is 7.55. The van der Waals surface area contributed by atoms with E-state index < -0.39 is 5.60 Å². The number of likely N-dealkylation sites (N-methyl/N-ethyl adjacent to an activating group) is 1. The van der Waals surface area contributed by atoms with E-state index >= 15 is 0 Å². The van der Waals surface area contributed by atoms with Crippen molar-refractivity contribution in [2.45, 2.75) is 38.3 Å². The third-order valence-electron chi connectivity index (χ3n) is 3.37. The maximum absolute atomic E-state index is 10.7. The van der Waals surface area contributed by atoms with Crippen LogP contribution in [0, 0.1) is 0 Å². The first-order valence-electron chi connectivity index (χ1n) is 5.99. The van der Waals surface area contributed by atoms with Gasteiger partial charge in [0, 0.05) is 0 Å². The van der Waals surface area contributed by atoms with Gasteiger partial charge in [0.2, 0.25) is 0 Å². The molecule has 0 spiro atoms. The molecule has 0 radical (unpaired) electrons. The summed E-state index contributed by atoms with van der Waals surface area (Å²) in [6, 6.07) is 10.3. The number of rotatable bonds is 5. The average Bonchev–Trinajstić information content (AvgIpc) is 2.30. The average molecular weight is 221 g/mol. The van der Waals surface area contributed by atoms with Crippen molar-refractivity contribution >= 4 is 0 Å². The summed E-state index contributed by atoms with van der Waals surface area (Å²) in [5, 5.41) is 10.7. The van der Waals surface area contributed by atoms with E-state index in [0.717, 1.165) is 12.8 Å². The van der Waals surface area contributed by atoms with Crippen LogP contribution in [0.2, 0.25) is 0 Å². The van der Waals surface area contributed by atoms with Crippen molar-refractivity contribution in [1.29, 1.82) is 0 Å². The predicted octanol–water partition coefficient (Wildman–Crippen LogP) is 2.84. The Bertz CT molecular complexity index is 304. The lowest BCUT2D eigenvalue weighted by Crippen LogP contribution is -2.42. The molecule has 1 aromatic carbocycles. The van der Waals surface area contributed by atoms with Crippen LogP contribution in [0.4, 0.5) is 0 Å². The molecule has 0 heterocycles. The molecule has 16 heavy (non-hydrogen) atoms. The monoisotopic (exact) mass is 221 g/mol. The fraction of sp³-hybridized carbons (Fsp3) is 0.571. The van der Waals surface area contributed by atoms with Crippen LogP contribution in [0.25, 0.3) is 0 Å². The van der Waals surface area contributed by atoms with Gasteiger partial charge in [-0.3, -0.25) is 4.90 Å². The van der Waals surface area contributed by atoms with Gasteiger partial charge in [-0.15, -0.1) is 0 Å². The summed E-state index contributed by atoms with van der Waals surface area (Å²) in [5.41, 5.74) is 0.531. The van der Waals surface area contributed by atoms with E-state index in [0.29, 0.717) is 0 Å². The molecule has 2 heteroatoms. The Balaban J connectivity index is 3.09. The zero-order valence-corrected chi connectivity index (χ0v) is 10.8. The molecule has 0 amide bonds. The van der Waals surface area contributed by atoms with E-state index in [9.17, 15) is 5.11 Å². The quantitative estimate of drug-likeness (QED) is 0.826. The second-order valence-corrected chi connectivity index (χ2v) is 4.59. The van der Waals surface area contributed by atoms with Gasteiger partial charge in [-0.25, -0.2) is 0 Å². The third kappa shape index (κ3) is 2.63. The van der Waals surface area contributed by atoms with E-state index in [1.165, 1.54) is 5.56 Å². The molecule has 0 aliphatic carbocycles. The fourth-order valence-electron chi connectivity index (χ4n) is 2.36. The Kier molecular flexibility index (Phi) is 4.51. The van der Waals surface area contributed by atoms with Crippen LogP contribution in [-0.2, 0) is 0 Å². The molecule has 0 aliphatic heterocycles. The van der Waals surface area contributed by atoms with Gasteiger partial charge < -0.3 is 5.11 Å². The molecule has 0 aromatic heterocycles. The van der Waals surface area contributed by atoms with E-state index in [1.54, 1.807) is 0 Å². The van der Waals surface area contributed by atoms with Gasteiger partial charge in [0.05, 0.1) is 11.6 Å². The standard InChI is InChI=1S/C14H23NO/c1-5-14(16,6-2)13(15(3)4)12-10-8-7-9-11-12/h7-11,13,16H,5-6H2,1-4H3/t13-/m1/s1. The van der Waals surface area contributed by atoms with Crippen LogP contribution in [0.3, 0.4) is 0 Å². The second-order valence-electron chi connectivity index (χ2n) is 4.59. The number of benzene rings is 1. The minimum Gasteiger partial charge on any atom is -0.388 e. The zero-order valence-electron chi connectivity index (χ0n) is 10.8. The summed E-state index contributed by atoms with van der Waals surface area (Å²) in [4.78, 5) is 2.10. The van der Waals surface area contributed by atoms with Crippen molar-refractivity contribution in [3.8, 4) is 0 Å². The van der Waals surface area contributed by atoms with Crippen molar-refractivity contribution < 1.29 is 5.11 Å². The largest absolute Gasteiger partial charge is 0.388 e. The van der Waals surface area contributed by atoms with Gasteiger partial charge in [-0.2, -0.15) is 0 Å². The smallest absolute Gasteiger partial charge is 0.0838 e. The number of hydrogen-bond donors (Lipinski definition) is 1. The van der Waals surface area contributed by atoms with E-state index in [1.807, 2.05) is 46.1 Å². The molecule has 0 saturated heterocycles. The molecule has 1 atom stereocenters. The van der Waals surface area contributed by atoms with E-state index in [4.69, 9.17) is 0 Å². The highest BCUT2D eigenvalue weighted by atomic mass is 16.3. The highest BCUT2D eigenvalue weighted by molar-refractivity contribution is 5.22. The molecule has 0 fully saturated rings. The Morgan fingerprint density at radius 1 is 1.12 bits per heavy atom. The van der Waals surface area contributed by atoms with E-state index in [2.05, 4.69) is 17.0 Å². The lowest BCUT2D eigenvalue weighted by Gasteiger charge is -2.39. The predicted molar refractivity (Wildman–Crippen MR) is 68.4 cm³/mol. The lowest BCUT2D eigenvalue weighted by molar-refractivity contribution is -0.0414. The molecule has 0 bridgehead atoms. The van der Waals surface area contributed by atoms with Crippen LogP contribution in [0.5, 0.6) is 0 Å². The van der Waals surface area contributed by atoms with Gasteiger partial charge in [0.1, 0.15) is 0 Å². The van der Waals surface area contributed by atoms with Crippen LogP contribution in [0.15, 0.2) is 30.3 Å². The summed E-state index contributed by atoms with van der Waals surface area (Å²) in [6.07, 6.45) is 1.53. The number of aliphatic hydroxyl groups is 1. The fourth-order valence-corrected chi connectivity index (χ4v) is 2.36. The topological polar surface area (TPSA) is 23.5 Å². The minimum absolute atomic E-state index is 0.0590. The first kappa shape index (κ1) is 13.2. The molecule has 1 N–H and O–H groups in total. The molecule has 1 aromatic rings. The Hall–Kier alpha value is -0.860. The molecule has 0 saturated carbocycles. The summed E-state index contributed by atoms with van der Waals surface area (Å²) < 4.78 is 0. The molecule has 1 rings (SSSR count). The second kappa shape index (κ2) is 5.46. The van der Waals surface area contributed by atoms with E-state index in [-0.39, 0.29) is 6.04 Å². The zero-order chi connectivity index (χ0) is 12.2. The summed E-state index contributed by atoms with van der Waals surface area (Å²) in [7, 11) is 4.04. The van der Waals surface area contributed by atoms with Crippen molar-refractivity contribution in [2.75, 3.05) is 14.1 Å². The van der Waals surface area contributed by atoms with Gasteiger partial charge in [-0.1, -0.05) is 44.2 Å². The summed E-state index contributed by atoms with van der Waals surface area (Å²) in [5.74, 6) is 0. The molecule has 0 aliphatic rings. The maximum Gasteiger partial charge on any atom is 0.0838 e. The maximum atomic E-state index is 10.7. The lowest BCUT2D eigenvalue weighted by atomic mass is 9.83.